The van der Waals surface area contributed by atoms with Gasteiger partial charge in [0.1, 0.15) is 5.82 Å². The molecule has 78 valence electrons. The lowest BCUT2D eigenvalue weighted by atomic mass is 10.4. The number of aromatic nitrogens is 4. The highest BCUT2D eigenvalue weighted by Gasteiger charge is 2.02. The maximum absolute atomic E-state index is 11.4. The summed E-state index contributed by atoms with van der Waals surface area (Å²) in [5.41, 5.74) is 6.08. The first-order valence-corrected chi connectivity index (χ1v) is 4.47. The SMILES string of the molecule is Cn1ccc(Cn2nc(N)ccc2=O)n1. The predicted molar refractivity (Wildman–Crippen MR) is 55.2 cm³/mol. The van der Waals surface area contributed by atoms with Gasteiger partial charge in [-0.15, -0.1) is 0 Å². The molecular formula is C9H11N5O. The second-order valence-electron chi connectivity index (χ2n) is 3.23. The van der Waals surface area contributed by atoms with Gasteiger partial charge in [-0.05, 0) is 12.1 Å². The molecule has 0 spiro atoms. The number of nitrogens with two attached hydrogens (primary N) is 1. The van der Waals surface area contributed by atoms with Gasteiger partial charge in [-0.25, -0.2) is 4.68 Å². The summed E-state index contributed by atoms with van der Waals surface area (Å²) in [5, 5.41) is 8.06. The molecule has 0 aromatic carbocycles. The number of aryl methyl sites for hydroxylation is 1. The Balaban J connectivity index is 2.31. The molecule has 0 radical (unpaired) electrons. The van der Waals surface area contributed by atoms with E-state index in [1.165, 1.54) is 16.8 Å². The second kappa shape index (κ2) is 3.56. The highest BCUT2D eigenvalue weighted by atomic mass is 16.1. The molecule has 6 heteroatoms. The molecule has 15 heavy (non-hydrogen) atoms. The van der Waals surface area contributed by atoms with Crippen LogP contribution in [0.25, 0.3) is 0 Å². The smallest absolute Gasteiger partial charge is 0.267 e. The first-order chi connectivity index (χ1) is 7.15. The van der Waals surface area contributed by atoms with Crippen LogP contribution in [0.15, 0.2) is 29.2 Å². The zero-order valence-electron chi connectivity index (χ0n) is 8.29. The zero-order valence-corrected chi connectivity index (χ0v) is 8.29. The Kier molecular flexibility index (Phi) is 2.24. The molecule has 2 aromatic rings. The van der Waals surface area contributed by atoms with Crippen LogP contribution in [0, 0.1) is 0 Å². The summed E-state index contributed by atoms with van der Waals surface area (Å²) in [6, 6.07) is 4.71. The quantitative estimate of drug-likeness (QED) is 0.724. The number of nitrogen functional groups attached to an aromatic ring is 1. The van der Waals surface area contributed by atoms with Gasteiger partial charge in [0.05, 0.1) is 12.2 Å². The Morgan fingerprint density at radius 1 is 1.33 bits per heavy atom. The minimum Gasteiger partial charge on any atom is -0.382 e. The molecule has 2 rings (SSSR count). The van der Waals surface area contributed by atoms with E-state index < -0.39 is 0 Å². The van der Waals surface area contributed by atoms with Crippen LogP contribution in [-0.2, 0) is 13.6 Å². The van der Waals surface area contributed by atoms with Crippen LogP contribution in [0.1, 0.15) is 5.69 Å². The van der Waals surface area contributed by atoms with Crippen LogP contribution in [0.3, 0.4) is 0 Å². The fourth-order valence-electron chi connectivity index (χ4n) is 1.28. The van der Waals surface area contributed by atoms with E-state index in [0.29, 0.717) is 12.4 Å². The number of hydrogen-bond donors (Lipinski definition) is 1. The highest BCUT2D eigenvalue weighted by Crippen LogP contribution is 1.96. The van der Waals surface area contributed by atoms with Crippen molar-refractivity contribution in [1.29, 1.82) is 0 Å². The number of anilines is 1. The van der Waals surface area contributed by atoms with Crippen LogP contribution in [0.5, 0.6) is 0 Å². The Morgan fingerprint density at radius 3 is 2.80 bits per heavy atom. The van der Waals surface area contributed by atoms with E-state index in [9.17, 15) is 4.79 Å². The van der Waals surface area contributed by atoms with E-state index in [1.54, 1.807) is 4.68 Å². The minimum atomic E-state index is -0.185. The Hall–Kier alpha value is -2.11. The summed E-state index contributed by atoms with van der Waals surface area (Å²) < 4.78 is 2.96. The maximum atomic E-state index is 11.4. The van der Waals surface area contributed by atoms with Crippen LogP contribution in [-0.4, -0.2) is 19.6 Å². The molecule has 6 nitrogen and oxygen atoms in total. The third kappa shape index (κ3) is 2.04. The van der Waals surface area contributed by atoms with Gasteiger partial charge in [0.15, 0.2) is 0 Å². The van der Waals surface area contributed by atoms with Crippen molar-refractivity contribution in [3.05, 3.63) is 40.4 Å². The molecule has 0 aliphatic heterocycles. The fourth-order valence-corrected chi connectivity index (χ4v) is 1.28. The third-order valence-electron chi connectivity index (χ3n) is 1.97. The topological polar surface area (TPSA) is 78.7 Å². The molecular weight excluding hydrogens is 194 g/mol. The lowest BCUT2D eigenvalue weighted by Crippen LogP contribution is -2.23. The molecule has 0 saturated heterocycles. The minimum absolute atomic E-state index is 0.185. The monoisotopic (exact) mass is 205 g/mol. The fraction of sp³-hybridized carbons (Fsp3) is 0.222. The van der Waals surface area contributed by atoms with Gasteiger partial charge in [0.2, 0.25) is 0 Å². The van der Waals surface area contributed by atoms with Gasteiger partial charge in [0.25, 0.3) is 5.56 Å². The lowest BCUT2D eigenvalue weighted by molar-refractivity contribution is 0.619. The van der Waals surface area contributed by atoms with E-state index in [0.717, 1.165) is 5.69 Å². The second-order valence-corrected chi connectivity index (χ2v) is 3.23. The molecule has 2 aromatic heterocycles. The van der Waals surface area contributed by atoms with Crippen molar-refractivity contribution in [1.82, 2.24) is 19.6 Å². The van der Waals surface area contributed by atoms with Crippen molar-refractivity contribution in [2.45, 2.75) is 6.54 Å². The highest BCUT2D eigenvalue weighted by molar-refractivity contribution is 5.23. The molecule has 0 bridgehead atoms. The van der Waals surface area contributed by atoms with E-state index in [1.807, 2.05) is 19.3 Å². The molecule has 0 fully saturated rings. The largest absolute Gasteiger partial charge is 0.382 e. The molecule has 0 atom stereocenters. The van der Waals surface area contributed by atoms with Gasteiger partial charge in [0, 0.05) is 19.3 Å². The zero-order chi connectivity index (χ0) is 10.8. The predicted octanol–water partition coefficient (Wildman–Crippen LogP) is -0.393. The number of nitrogens with zero attached hydrogens (tertiary/aromatic N) is 4. The molecule has 0 saturated carbocycles. The van der Waals surface area contributed by atoms with Gasteiger partial charge in [-0.1, -0.05) is 0 Å². The molecule has 0 unspecified atom stereocenters. The van der Waals surface area contributed by atoms with Gasteiger partial charge in [-0.3, -0.25) is 9.48 Å². The third-order valence-corrected chi connectivity index (χ3v) is 1.97. The molecule has 2 heterocycles. The van der Waals surface area contributed by atoms with Crippen LogP contribution < -0.4 is 11.3 Å². The summed E-state index contributed by atoms with van der Waals surface area (Å²) in [6.45, 7) is 0.338. The molecule has 0 aliphatic rings. The van der Waals surface area contributed by atoms with Crippen molar-refractivity contribution in [2.24, 2.45) is 7.05 Å². The van der Waals surface area contributed by atoms with Gasteiger partial charge >= 0.3 is 0 Å². The molecule has 0 amide bonds. The summed E-state index contributed by atoms with van der Waals surface area (Å²) in [6.07, 6.45) is 1.81. The summed E-state index contributed by atoms with van der Waals surface area (Å²) in [4.78, 5) is 11.4. The molecule has 0 aliphatic carbocycles. The molecule has 2 N–H and O–H groups in total. The number of rotatable bonds is 2. The van der Waals surface area contributed by atoms with Crippen molar-refractivity contribution in [2.75, 3.05) is 5.73 Å². The van der Waals surface area contributed by atoms with E-state index >= 15 is 0 Å². The summed E-state index contributed by atoms with van der Waals surface area (Å²) in [7, 11) is 1.82. The Morgan fingerprint density at radius 2 is 2.13 bits per heavy atom. The average Bonchev–Trinajstić information content (AvgIpc) is 2.58. The Bertz CT molecular complexity index is 527. The summed E-state index contributed by atoms with van der Waals surface area (Å²) in [5.74, 6) is 0.325. The van der Waals surface area contributed by atoms with Crippen molar-refractivity contribution in [3.8, 4) is 0 Å². The van der Waals surface area contributed by atoms with E-state index in [4.69, 9.17) is 5.73 Å². The van der Waals surface area contributed by atoms with Crippen LogP contribution >= 0.6 is 0 Å². The van der Waals surface area contributed by atoms with Gasteiger partial charge in [-0.2, -0.15) is 10.2 Å². The van der Waals surface area contributed by atoms with E-state index in [2.05, 4.69) is 10.2 Å². The lowest BCUT2D eigenvalue weighted by Gasteiger charge is -2.01. The van der Waals surface area contributed by atoms with Crippen LogP contribution in [0.4, 0.5) is 5.82 Å². The average molecular weight is 205 g/mol. The first kappa shape index (κ1) is 9.45. The number of hydrogen-bond acceptors (Lipinski definition) is 4. The van der Waals surface area contributed by atoms with Crippen molar-refractivity contribution >= 4 is 5.82 Å². The standard InChI is InChI=1S/C9H11N5O/c1-13-5-4-7(11-13)6-14-9(15)3-2-8(10)12-14/h2-5H,6H2,1H3,(H2,10,12). The van der Waals surface area contributed by atoms with E-state index in [-0.39, 0.29) is 5.56 Å². The maximum Gasteiger partial charge on any atom is 0.267 e. The van der Waals surface area contributed by atoms with Crippen LogP contribution in [0.2, 0.25) is 0 Å². The van der Waals surface area contributed by atoms with Gasteiger partial charge < -0.3 is 5.73 Å². The van der Waals surface area contributed by atoms with Crippen molar-refractivity contribution in [3.63, 3.8) is 0 Å². The van der Waals surface area contributed by atoms with Crippen molar-refractivity contribution < 1.29 is 0 Å². The normalized spacial score (nSPS) is 10.5. The summed E-state index contributed by atoms with van der Waals surface area (Å²) >= 11 is 0. The first-order valence-electron chi connectivity index (χ1n) is 4.47. The Labute approximate surface area is 85.9 Å².